The number of anilines is 1. The molecule has 106 valence electrons. The van der Waals surface area contributed by atoms with E-state index in [-0.39, 0.29) is 5.41 Å². The molecule has 2 rings (SSSR count). The number of nitrogens with zero attached hydrogens (tertiary/aromatic N) is 2. The quantitative estimate of drug-likeness (QED) is 0.919. The van der Waals surface area contributed by atoms with E-state index in [2.05, 4.69) is 57.3 Å². The number of benzene rings is 1. The van der Waals surface area contributed by atoms with Crippen LogP contribution in [0.25, 0.3) is 0 Å². The van der Waals surface area contributed by atoms with Gasteiger partial charge in [-0.25, -0.2) is 9.97 Å². The molecule has 0 atom stereocenters. The van der Waals surface area contributed by atoms with Gasteiger partial charge in [-0.3, -0.25) is 0 Å². The van der Waals surface area contributed by atoms with Crippen molar-refractivity contribution < 1.29 is 0 Å². The molecule has 0 unspecified atom stereocenters. The van der Waals surface area contributed by atoms with Crippen molar-refractivity contribution in [1.29, 1.82) is 0 Å². The number of hydrogen-bond donors (Lipinski definition) is 1. The number of hydrogen-bond acceptors (Lipinski definition) is 3. The highest BCUT2D eigenvalue weighted by Gasteiger charge is 2.27. The summed E-state index contributed by atoms with van der Waals surface area (Å²) in [5.41, 5.74) is 3.28. The average Bonchev–Trinajstić information content (AvgIpc) is 2.48. The Kier molecular flexibility index (Phi) is 4.07. The van der Waals surface area contributed by atoms with Gasteiger partial charge in [-0.15, -0.1) is 0 Å². The fourth-order valence-electron chi connectivity index (χ4n) is 2.41. The van der Waals surface area contributed by atoms with Gasteiger partial charge in [0.2, 0.25) is 0 Å². The van der Waals surface area contributed by atoms with Gasteiger partial charge in [0.25, 0.3) is 0 Å². The van der Waals surface area contributed by atoms with E-state index in [0.717, 1.165) is 29.3 Å². The Morgan fingerprint density at radius 2 is 1.75 bits per heavy atom. The van der Waals surface area contributed by atoms with Crippen LogP contribution in [0.2, 0.25) is 0 Å². The summed E-state index contributed by atoms with van der Waals surface area (Å²) < 4.78 is 0. The van der Waals surface area contributed by atoms with Gasteiger partial charge in [0, 0.05) is 23.7 Å². The summed E-state index contributed by atoms with van der Waals surface area (Å²) in [5, 5.41) is 3.18. The molecule has 2 aromatic rings. The van der Waals surface area contributed by atoms with E-state index in [1.165, 1.54) is 5.56 Å². The third-order valence-electron chi connectivity index (χ3n) is 3.87. The van der Waals surface area contributed by atoms with Crippen LogP contribution in [0.5, 0.6) is 0 Å². The van der Waals surface area contributed by atoms with E-state index < -0.39 is 0 Å². The smallest absolute Gasteiger partial charge is 0.140 e. The molecular weight excluding hydrogens is 246 g/mol. The minimum Gasteiger partial charge on any atom is -0.373 e. The lowest BCUT2D eigenvalue weighted by atomic mass is 9.83. The van der Waals surface area contributed by atoms with Crippen molar-refractivity contribution in [3.05, 3.63) is 53.0 Å². The molecule has 20 heavy (non-hydrogen) atoms. The zero-order chi connectivity index (χ0) is 14.8. The van der Waals surface area contributed by atoms with Crippen LogP contribution in [0.4, 0.5) is 5.82 Å². The zero-order valence-electron chi connectivity index (χ0n) is 13.0. The average molecular weight is 269 g/mol. The molecule has 0 bridgehead atoms. The van der Waals surface area contributed by atoms with Gasteiger partial charge in [-0.2, -0.15) is 0 Å². The van der Waals surface area contributed by atoms with Crippen LogP contribution >= 0.6 is 0 Å². The first-order valence-electron chi connectivity index (χ1n) is 7.12. The van der Waals surface area contributed by atoms with Crippen LogP contribution in [0.15, 0.2) is 30.3 Å². The summed E-state index contributed by atoms with van der Waals surface area (Å²) in [7, 11) is 1.91. The molecule has 0 amide bonds. The van der Waals surface area contributed by atoms with Crippen molar-refractivity contribution >= 4 is 5.82 Å². The minimum absolute atomic E-state index is 0.204. The molecule has 1 heterocycles. The van der Waals surface area contributed by atoms with Crippen LogP contribution in [0.3, 0.4) is 0 Å². The Labute approximate surface area is 121 Å². The van der Waals surface area contributed by atoms with Crippen molar-refractivity contribution in [1.82, 2.24) is 9.97 Å². The van der Waals surface area contributed by atoms with E-state index in [4.69, 9.17) is 9.97 Å². The van der Waals surface area contributed by atoms with Crippen molar-refractivity contribution in [3.63, 3.8) is 0 Å². The van der Waals surface area contributed by atoms with Crippen LogP contribution in [-0.2, 0) is 11.8 Å². The van der Waals surface area contributed by atoms with Crippen molar-refractivity contribution in [2.24, 2.45) is 0 Å². The maximum atomic E-state index is 4.80. The number of nitrogens with one attached hydrogen (secondary N) is 1. The molecule has 0 aliphatic carbocycles. The Bertz CT molecular complexity index is 563. The topological polar surface area (TPSA) is 37.8 Å². The monoisotopic (exact) mass is 269 g/mol. The highest BCUT2D eigenvalue weighted by molar-refractivity contribution is 5.47. The third-order valence-corrected chi connectivity index (χ3v) is 3.87. The summed E-state index contributed by atoms with van der Waals surface area (Å²) in [6.07, 6.45) is 0.918. The maximum Gasteiger partial charge on any atom is 0.140 e. The van der Waals surface area contributed by atoms with Gasteiger partial charge < -0.3 is 5.32 Å². The molecule has 1 aromatic carbocycles. The zero-order valence-corrected chi connectivity index (χ0v) is 13.0. The van der Waals surface area contributed by atoms with Crippen LogP contribution in [0.1, 0.15) is 43.4 Å². The molecule has 3 heteroatoms. The number of rotatable bonds is 4. The van der Waals surface area contributed by atoms with Gasteiger partial charge in [0.15, 0.2) is 0 Å². The molecule has 3 nitrogen and oxygen atoms in total. The third kappa shape index (κ3) is 2.53. The molecule has 1 N–H and O–H groups in total. The molecule has 0 aliphatic heterocycles. The second-order valence-corrected chi connectivity index (χ2v) is 5.56. The second-order valence-electron chi connectivity index (χ2n) is 5.56. The number of aryl methyl sites for hydroxylation is 1. The lowest BCUT2D eigenvalue weighted by molar-refractivity contribution is 0.585. The summed E-state index contributed by atoms with van der Waals surface area (Å²) in [5.74, 6) is 1.80. The van der Waals surface area contributed by atoms with Gasteiger partial charge in [0.05, 0.1) is 0 Å². The van der Waals surface area contributed by atoms with Crippen molar-refractivity contribution in [2.75, 3.05) is 12.4 Å². The largest absolute Gasteiger partial charge is 0.373 e. The Hall–Kier alpha value is -1.90. The molecule has 0 saturated carbocycles. The standard InChI is InChI=1S/C17H23N3/c1-6-14-12(2)15(18-5)20-16(19-14)17(3,4)13-10-8-7-9-11-13/h7-11H,6H2,1-5H3,(H,18,19,20). The fraction of sp³-hybridized carbons (Fsp3) is 0.412. The highest BCUT2D eigenvalue weighted by atomic mass is 15.0. The Morgan fingerprint density at radius 1 is 1.10 bits per heavy atom. The van der Waals surface area contributed by atoms with E-state index in [9.17, 15) is 0 Å². The van der Waals surface area contributed by atoms with E-state index in [1.807, 2.05) is 13.1 Å². The Morgan fingerprint density at radius 3 is 2.30 bits per heavy atom. The fourth-order valence-corrected chi connectivity index (χ4v) is 2.41. The highest BCUT2D eigenvalue weighted by Crippen LogP contribution is 2.30. The SMILES string of the molecule is CCc1nc(C(C)(C)c2ccccc2)nc(NC)c1C. The minimum atomic E-state index is -0.204. The predicted molar refractivity (Wildman–Crippen MR) is 84.3 cm³/mol. The molecular formula is C17H23N3. The van der Waals surface area contributed by atoms with Gasteiger partial charge in [0.1, 0.15) is 11.6 Å². The van der Waals surface area contributed by atoms with Crippen LogP contribution in [-0.4, -0.2) is 17.0 Å². The normalized spacial score (nSPS) is 11.4. The van der Waals surface area contributed by atoms with E-state index >= 15 is 0 Å². The second kappa shape index (κ2) is 5.61. The summed E-state index contributed by atoms with van der Waals surface area (Å²) >= 11 is 0. The molecule has 0 aliphatic rings. The Balaban J connectivity index is 2.57. The predicted octanol–water partition coefficient (Wildman–Crippen LogP) is 3.72. The first-order valence-corrected chi connectivity index (χ1v) is 7.12. The molecule has 0 spiro atoms. The van der Waals surface area contributed by atoms with Crippen LogP contribution < -0.4 is 5.32 Å². The lowest BCUT2D eigenvalue weighted by Gasteiger charge is -2.25. The first kappa shape index (κ1) is 14.5. The summed E-state index contributed by atoms with van der Waals surface area (Å²) in [6, 6.07) is 10.4. The lowest BCUT2D eigenvalue weighted by Crippen LogP contribution is -2.24. The van der Waals surface area contributed by atoms with Crippen LogP contribution in [0, 0.1) is 6.92 Å². The van der Waals surface area contributed by atoms with E-state index in [0.29, 0.717) is 0 Å². The number of aromatic nitrogens is 2. The summed E-state index contributed by atoms with van der Waals surface area (Å²) in [4.78, 5) is 9.52. The maximum absolute atomic E-state index is 4.80. The molecule has 1 aromatic heterocycles. The van der Waals surface area contributed by atoms with Gasteiger partial charge in [-0.1, -0.05) is 37.3 Å². The molecule has 0 radical (unpaired) electrons. The van der Waals surface area contributed by atoms with Gasteiger partial charge in [-0.05, 0) is 32.8 Å². The van der Waals surface area contributed by atoms with E-state index in [1.54, 1.807) is 0 Å². The molecule has 0 saturated heterocycles. The van der Waals surface area contributed by atoms with Crippen molar-refractivity contribution in [2.45, 2.75) is 39.5 Å². The van der Waals surface area contributed by atoms with Crippen molar-refractivity contribution in [3.8, 4) is 0 Å². The molecule has 0 fully saturated rings. The summed E-state index contributed by atoms with van der Waals surface area (Å²) in [6.45, 7) is 8.55. The van der Waals surface area contributed by atoms with Gasteiger partial charge >= 0.3 is 0 Å². The first-order chi connectivity index (χ1) is 9.50.